The van der Waals surface area contributed by atoms with Crippen LogP contribution in [0, 0.1) is 0 Å². The van der Waals surface area contributed by atoms with E-state index in [0.717, 1.165) is 35.4 Å². The Hall–Kier alpha value is -1.55. The molecule has 1 aliphatic carbocycles. The monoisotopic (exact) mass is 273 g/mol. The van der Waals surface area contributed by atoms with Gasteiger partial charge in [0.25, 0.3) is 0 Å². The third-order valence-corrected chi connectivity index (χ3v) is 4.52. The number of rotatable bonds is 2. The van der Waals surface area contributed by atoms with E-state index in [0.29, 0.717) is 5.92 Å². The number of aromatic nitrogens is 2. The molecule has 2 aromatic rings. The predicted octanol–water partition coefficient (Wildman–Crippen LogP) is 2.96. The summed E-state index contributed by atoms with van der Waals surface area (Å²) in [5.74, 6) is 2.36. The molecule has 0 spiro atoms. The fourth-order valence-electron chi connectivity index (χ4n) is 3.31. The quantitative estimate of drug-likeness (QED) is 0.856. The lowest BCUT2D eigenvalue weighted by Crippen LogP contribution is -2.29. The minimum atomic E-state index is 0.231. The maximum atomic E-state index is 6.38. The van der Waals surface area contributed by atoms with Crippen LogP contribution >= 0.6 is 0 Å². The molecule has 1 aromatic heterocycles. The lowest BCUT2D eigenvalue weighted by Gasteiger charge is -2.20. The van der Waals surface area contributed by atoms with Crippen LogP contribution in [0.2, 0.25) is 0 Å². The van der Waals surface area contributed by atoms with E-state index in [9.17, 15) is 0 Å². The van der Waals surface area contributed by atoms with Gasteiger partial charge in [-0.25, -0.2) is 4.98 Å². The predicted molar refractivity (Wildman–Crippen MR) is 81.1 cm³/mol. The van der Waals surface area contributed by atoms with Crippen LogP contribution in [0.15, 0.2) is 18.2 Å². The number of nitrogens with two attached hydrogens (primary N) is 1. The smallest absolute Gasteiger partial charge is 0.121 e. The molecule has 20 heavy (non-hydrogen) atoms. The molecule has 108 valence electrons. The van der Waals surface area contributed by atoms with Crippen LogP contribution in [0.1, 0.15) is 43.8 Å². The number of aryl methyl sites for hydroxylation is 1. The van der Waals surface area contributed by atoms with Gasteiger partial charge in [0.1, 0.15) is 11.6 Å². The number of imidazole rings is 1. The van der Waals surface area contributed by atoms with Crippen LogP contribution in [-0.4, -0.2) is 22.7 Å². The van der Waals surface area contributed by atoms with Crippen molar-refractivity contribution in [3.05, 3.63) is 24.0 Å². The van der Waals surface area contributed by atoms with Crippen molar-refractivity contribution < 1.29 is 4.74 Å². The molecule has 1 heterocycles. The molecule has 4 heteroatoms. The topological polar surface area (TPSA) is 53.1 Å². The summed E-state index contributed by atoms with van der Waals surface area (Å²) in [6.45, 7) is 0. The summed E-state index contributed by atoms with van der Waals surface area (Å²) in [5, 5.41) is 0. The van der Waals surface area contributed by atoms with Crippen LogP contribution in [0.3, 0.4) is 0 Å². The largest absolute Gasteiger partial charge is 0.497 e. The molecule has 0 aliphatic heterocycles. The van der Waals surface area contributed by atoms with Crippen LogP contribution in [0.4, 0.5) is 0 Å². The van der Waals surface area contributed by atoms with E-state index >= 15 is 0 Å². The second kappa shape index (κ2) is 5.44. The second-order valence-corrected chi connectivity index (χ2v) is 5.79. The fraction of sp³-hybridized carbons (Fsp3) is 0.562. The first-order valence-corrected chi connectivity index (χ1v) is 7.46. The first-order chi connectivity index (χ1) is 9.70. The number of ether oxygens (including phenoxy) is 1. The maximum Gasteiger partial charge on any atom is 0.121 e. The number of methoxy groups -OCH3 is 1. The highest BCUT2D eigenvalue weighted by atomic mass is 16.5. The number of benzene rings is 1. The Kier molecular flexibility index (Phi) is 3.66. The molecule has 1 aliphatic rings. The molecule has 0 amide bonds. The van der Waals surface area contributed by atoms with Crippen molar-refractivity contribution in [1.29, 1.82) is 0 Å². The van der Waals surface area contributed by atoms with E-state index in [4.69, 9.17) is 15.5 Å². The second-order valence-electron chi connectivity index (χ2n) is 5.79. The van der Waals surface area contributed by atoms with E-state index in [1.165, 1.54) is 19.3 Å². The van der Waals surface area contributed by atoms with E-state index in [1.807, 2.05) is 12.1 Å². The average Bonchev–Trinajstić information content (AvgIpc) is 2.64. The molecule has 3 rings (SSSR count). The molecule has 2 unspecified atom stereocenters. The van der Waals surface area contributed by atoms with Crippen molar-refractivity contribution in [2.24, 2.45) is 12.8 Å². The molecule has 0 saturated heterocycles. The number of hydrogen-bond acceptors (Lipinski definition) is 3. The molecule has 0 radical (unpaired) electrons. The third-order valence-electron chi connectivity index (χ3n) is 4.52. The Morgan fingerprint density at radius 1 is 1.25 bits per heavy atom. The summed E-state index contributed by atoms with van der Waals surface area (Å²) in [7, 11) is 3.78. The molecule has 4 nitrogen and oxygen atoms in total. The van der Waals surface area contributed by atoms with Crippen LogP contribution in [-0.2, 0) is 7.05 Å². The van der Waals surface area contributed by atoms with Gasteiger partial charge in [-0.3, -0.25) is 0 Å². The van der Waals surface area contributed by atoms with Gasteiger partial charge >= 0.3 is 0 Å². The molecular weight excluding hydrogens is 250 g/mol. The highest BCUT2D eigenvalue weighted by Gasteiger charge is 2.26. The van der Waals surface area contributed by atoms with Crippen LogP contribution < -0.4 is 10.5 Å². The number of nitrogens with zero attached hydrogens (tertiary/aromatic N) is 2. The minimum absolute atomic E-state index is 0.231. The Morgan fingerprint density at radius 3 is 2.85 bits per heavy atom. The van der Waals surface area contributed by atoms with Crippen molar-refractivity contribution in [2.45, 2.75) is 44.1 Å². The van der Waals surface area contributed by atoms with Gasteiger partial charge in [0.2, 0.25) is 0 Å². The van der Waals surface area contributed by atoms with Crippen molar-refractivity contribution in [3.63, 3.8) is 0 Å². The maximum absolute atomic E-state index is 6.38. The first-order valence-electron chi connectivity index (χ1n) is 7.46. The van der Waals surface area contributed by atoms with Gasteiger partial charge in [0, 0.05) is 25.1 Å². The summed E-state index contributed by atoms with van der Waals surface area (Å²) in [4.78, 5) is 4.84. The van der Waals surface area contributed by atoms with Gasteiger partial charge in [-0.05, 0) is 25.0 Å². The van der Waals surface area contributed by atoms with Crippen LogP contribution in [0.25, 0.3) is 11.0 Å². The Labute approximate surface area is 119 Å². The molecule has 1 aromatic carbocycles. The molecule has 0 bridgehead atoms. The summed E-state index contributed by atoms with van der Waals surface area (Å²) in [5.41, 5.74) is 8.53. The van der Waals surface area contributed by atoms with Crippen molar-refractivity contribution in [3.8, 4) is 5.75 Å². The first kappa shape index (κ1) is 13.4. The van der Waals surface area contributed by atoms with Gasteiger partial charge < -0.3 is 15.0 Å². The molecule has 2 N–H and O–H groups in total. The van der Waals surface area contributed by atoms with Crippen LogP contribution in [0.5, 0.6) is 5.75 Å². The van der Waals surface area contributed by atoms with Gasteiger partial charge in [0.15, 0.2) is 0 Å². The highest BCUT2D eigenvalue weighted by molar-refractivity contribution is 5.77. The van der Waals surface area contributed by atoms with Crippen molar-refractivity contribution >= 4 is 11.0 Å². The van der Waals surface area contributed by atoms with Gasteiger partial charge in [-0.2, -0.15) is 0 Å². The normalized spacial score (nSPS) is 23.8. The zero-order valence-electron chi connectivity index (χ0n) is 12.3. The lowest BCUT2D eigenvalue weighted by atomic mass is 9.94. The summed E-state index contributed by atoms with van der Waals surface area (Å²) in [6.07, 6.45) is 6.05. The van der Waals surface area contributed by atoms with Crippen molar-refractivity contribution in [1.82, 2.24) is 9.55 Å². The van der Waals surface area contributed by atoms with Gasteiger partial charge in [0.05, 0.1) is 18.1 Å². The van der Waals surface area contributed by atoms with E-state index < -0.39 is 0 Å². The molecule has 2 atom stereocenters. The van der Waals surface area contributed by atoms with E-state index in [1.54, 1.807) is 7.11 Å². The van der Waals surface area contributed by atoms with E-state index in [-0.39, 0.29) is 6.04 Å². The number of fused-ring (bicyclic) bond motifs is 1. The van der Waals surface area contributed by atoms with E-state index in [2.05, 4.69) is 17.7 Å². The zero-order valence-corrected chi connectivity index (χ0v) is 12.3. The molecular formula is C16H23N3O. The third kappa shape index (κ3) is 2.29. The van der Waals surface area contributed by atoms with Gasteiger partial charge in [-0.15, -0.1) is 0 Å². The average molecular weight is 273 g/mol. The SMILES string of the molecule is COc1ccc2c(c1)nc(C1CCCCCC1N)n2C. The minimum Gasteiger partial charge on any atom is -0.497 e. The molecule has 1 fully saturated rings. The Bertz CT molecular complexity index is 605. The highest BCUT2D eigenvalue weighted by Crippen LogP contribution is 2.32. The fourth-order valence-corrected chi connectivity index (χ4v) is 3.31. The lowest BCUT2D eigenvalue weighted by molar-refractivity contribution is 0.415. The molecule has 1 saturated carbocycles. The zero-order chi connectivity index (χ0) is 14.1. The summed E-state index contributed by atoms with van der Waals surface area (Å²) >= 11 is 0. The van der Waals surface area contributed by atoms with Crippen molar-refractivity contribution in [2.75, 3.05) is 7.11 Å². The summed E-state index contributed by atoms with van der Waals surface area (Å²) in [6, 6.07) is 6.30. The summed E-state index contributed by atoms with van der Waals surface area (Å²) < 4.78 is 7.48. The number of hydrogen-bond donors (Lipinski definition) is 1. The Balaban J connectivity index is 2.04. The Morgan fingerprint density at radius 2 is 2.05 bits per heavy atom. The van der Waals surface area contributed by atoms with Gasteiger partial charge in [-0.1, -0.05) is 19.3 Å². The standard InChI is InChI=1S/C16H23N3O/c1-19-15-9-8-11(20-2)10-14(15)18-16(19)12-6-4-3-5-7-13(12)17/h8-10,12-13H,3-7,17H2,1-2H3.